The van der Waals surface area contributed by atoms with Crippen molar-refractivity contribution in [3.8, 4) is 17.2 Å². The summed E-state index contributed by atoms with van der Waals surface area (Å²) in [6.45, 7) is 0.150. The summed E-state index contributed by atoms with van der Waals surface area (Å²) in [6.07, 6.45) is 1.13. The minimum atomic E-state index is -0.997. The maximum absolute atomic E-state index is 12.0. The number of hydrogen-bond acceptors (Lipinski definition) is 5. The molecule has 0 aromatic heterocycles. The molecule has 1 aliphatic heterocycles. The Morgan fingerprint density at radius 3 is 2.81 bits per heavy atom. The Hall–Kier alpha value is -2.44. The lowest BCUT2D eigenvalue weighted by Crippen LogP contribution is -2.42. The van der Waals surface area contributed by atoms with Crippen molar-refractivity contribution in [1.29, 1.82) is 0 Å². The number of hydrogen-bond donors (Lipinski definition) is 2. The molecule has 2 N–H and O–H groups in total. The van der Waals surface area contributed by atoms with Crippen LogP contribution in [0.3, 0.4) is 0 Å². The fraction of sp³-hybridized carbons (Fsp3) is 0.429. The fourth-order valence-corrected chi connectivity index (χ4v) is 2.32. The van der Waals surface area contributed by atoms with Crippen LogP contribution in [0, 0.1) is 0 Å². The third-order valence-corrected chi connectivity index (χ3v) is 3.36. The van der Waals surface area contributed by atoms with E-state index in [4.69, 9.17) is 14.6 Å². The minimum absolute atomic E-state index is 0.0241. The van der Waals surface area contributed by atoms with Gasteiger partial charge in [-0.05, 0) is 25.0 Å². The minimum Gasteiger partial charge on any atom is -0.508 e. The predicted molar refractivity (Wildman–Crippen MR) is 72.5 cm³/mol. The predicted octanol–water partition coefficient (Wildman–Crippen LogP) is 0.855. The standard InChI is InChI=1S/C14H17NO6/c1-20-12-7-9(16)4-5-11(12)21-8-13(17)15-6-2-3-10(15)14(18)19/h4-5,7,10,16H,2-3,6,8H2,1H3,(H,18,19). The van der Waals surface area contributed by atoms with Gasteiger partial charge in [-0.1, -0.05) is 0 Å². The van der Waals surface area contributed by atoms with Crippen LogP contribution in [0.2, 0.25) is 0 Å². The first-order chi connectivity index (χ1) is 10.0. The highest BCUT2D eigenvalue weighted by Crippen LogP contribution is 2.30. The van der Waals surface area contributed by atoms with Gasteiger partial charge in [-0.3, -0.25) is 4.79 Å². The molecule has 1 saturated heterocycles. The Morgan fingerprint density at radius 1 is 1.38 bits per heavy atom. The van der Waals surface area contributed by atoms with Crippen molar-refractivity contribution in [2.24, 2.45) is 0 Å². The summed E-state index contributed by atoms with van der Waals surface area (Å²) in [6, 6.07) is 3.50. The summed E-state index contributed by atoms with van der Waals surface area (Å²) in [5.41, 5.74) is 0. The number of aromatic hydroxyl groups is 1. The molecular weight excluding hydrogens is 278 g/mol. The van der Waals surface area contributed by atoms with E-state index in [0.29, 0.717) is 30.9 Å². The maximum Gasteiger partial charge on any atom is 0.326 e. The van der Waals surface area contributed by atoms with Gasteiger partial charge in [0, 0.05) is 12.6 Å². The van der Waals surface area contributed by atoms with E-state index in [9.17, 15) is 14.7 Å². The molecule has 21 heavy (non-hydrogen) atoms. The highest BCUT2D eigenvalue weighted by molar-refractivity contribution is 5.85. The van der Waals surface area contributed by atoms with Crippen LogP contribution in [0.1, 0.15) is 12.8 Å². The van der Waals surface area contributed by atoms with Crippen molar-refractivity contribution in [3.63, 3.8) is 0 Å². The summed E-state index contributed by atoms with van der Waals surface area (Å²) < 4.78 is 10.4. The van der Waals surface area contributed by atoms with E-state index in [1.54, 1.807) is 0 Å². The van der Waals surface area contributed by atoms with Crippen LogP contribution in [-0.2, 0) is 9.59 Å². The quantitative estimate of drug-likeness (QED) is 0.836. The number of benzene rings is 1. The number of amides is 1. The zero-order valence-corrected chi connectivity index (χ0v) is 11.6. The average Bonchev–Trinajstić information content (AvgIpc) is 2.95. The fourth-order valence-electron chi connectivity index (χ4n) is 2.32. The number of likely N-dealkylation sites (tertiary alicyclic amines) is 1. The Labute approximate surface area is 121 Å². The average molecular weight is 295 g/mol. The van der Waals surface area contributed by atoms with Gasteiger partial charge in [-0.2, -0.15) is 0 Å². The van der Waals surface area contributed by atoms with Gasteiger partial charge in [0.15, 0.2) is 18.1 Å². The van der Waals surface area contributed by atoms with Gasteiger partial charge in [-0.15, -0.1) is 0 Å². The molecule has 0 bridgehead atoms. The second-order valence-corrected chi connectivity index (χ2v) is 4.71. The number of carbonyl (C=O) groups is 2. The van der Waals surface area contributed by atoms with E-state index >= 15 is 0 Å². The number of carboxylic acid groups (broad SMARTS) is 1. The van der Waals surface area contributed by atoms with E-state index in [0.717, 1.165) is 0 Å². The molecule has 1 aromatic carbocycles. The van der Waals surface area contributed by atoms with E-state index in [1.165, 1.54) is 30.2 Å². The zero-order chi connectivity index (χ0) is 15.4. The Kier molecular flexibility index (Phi) is 4.52. The third-order valence-electron chi connectivity index (χ3n) is 3.36. The molecule has 1 aromatic rings. The van der Waals surface area contributed by atoms with E-state index in [1.807, 2.05) is 0 Å². The van der Waals surface area contributed by atoms with Gasteiger partial charge in [0.05, 0.1) is 7.11 Å². The molecular formula is C14H17NO6. The number of phenolic OH excluding ortho intramolecular Hbond substituents is 1. The molecule has 7 heteroatoms. The summed E-state index contributed by atoms with van der Waals surface area (Å²) in [5, 5.41) is 18.4. The number of nitrogens with zero attached hydrogens (tertiary/aromatic N) is 1. The van der Waals surface area contributed by atoms with Gasteiger partial charge in [0.2, 0.25) is 0 Å². The lowest BCUT2D eigenvalue weighted by atomic mass is 10.2. The van der Waals surface area contributed by atoms with Crippen LogP contribution in [0.4, 0.5) is 0 Å². The molecule has 1 amide bonds. The van der Waals surface area contributed by atoms with Crippen molar-refractivity contribution in [3.05, 3.63) is 18.2 Å². The van der Waals surface area contributed by atoms with Gasteiger partial charge in [0.25, 0.3) is 5.91 Å². The largest absolute Gasteiger partial charge is 0.508 e. The van der Waals surface area contributed by atoms with Crippen molar-refractivity contribution < 1.29 is 29.3 Å². The molecule has 0 saturated carbocycles. The van der Waals surface area contributed by atoms with Gasteiger partial charge in [0.1, 0.15) is 11.8 Å². The Balaban J connectivity index is 1.99. The van der Waals surface area contributed by atoms with Crippen molar-refractivity contribution in [2.45, 2.75) is 18.9 Å². The highest BCUT2D eigenvalue weighted by Gasteiger charge is 2.34. The first-order valence-corrected chi connectivity index (χ1v) is 6.55. The van der Waals surface area contributed by atoms with Gasteiger partial charge >= 0.3 is 5.97 Å². The molecule has 1 atom stereocenters. The van der Waals surface area contributed by atoms with Crippen LogP contribution in [0.15, 0.2) is 18.2 Å². The second kappa shape index (κ2) is 6.34. The summed E-state index contributed by atoms with van der Waals surface area (Å²) in [7, 11) is 1.42. The van der Waals surface area contributed by atoms with E-state index < -0.39 is 12.0 Å². The Morgan fingerprint density at radius 2 is 2.14 bits per heavy atom. The number of methoxy groups -OCH3 is 1. The molecule has 2 rings (SSSR count). The van der Waals surface area contributed by atoms with Crippen molar-refractivity contribution in [2.75, 3.05) is 20.3 Å². The molecule has 1 unspecified atom stereocenters. The topological polar surface area (TPSA) is 96.3 Å². The Bertz CT molecular complexity index is 544. The lowest BCUT2D eigenvalue weighted by Gasteiger charge is -2.21. The monoisotopic (exact) mass is 295 g/mol. The molecule has 1 heterocycles. The van der Waals surface area contributed by atoms with E-state index in [2.05, 4.69) is 0 Å². The first-order valence-electron chi connectivity index (χ1n) is 6.55. The SMILES string of the molecule is COc1cc(O)ccc1OCC(=O)N1CCCC1C(=O)O. The summed E-state index contributed by atoms with van der Waals surface area (Å²) in [4.78, 5) is 24.4. The number of carbonyl (C=O) groups excluding carboxylic acids is 1. The normalized spacial score (nSPS) is 17.6. The summed E-state index contributed by atoms with van der Waals surface area (Å²) in [5.74, 6) is -0.733. The van der Waals surface area contributed by atoms with Gasteiger partial charge < -0.3 is 24.6 Å². The number of rotatable bonds is 5. The van der Waals surface area contributed by atoms with Crippen LogP contribution in [-0.4, -0.2) is 53.3 Å². The molecule has 114 valence electrons. The van der Waals surface area contributed by atoms with E-state index in [-0.39, 0.29) is 18.3 Å². The highest BCUT2D eigenvalue weighted by atomic mass is 16.5. The summed E-state index contributed by atoms with van der Waals surface area (Å²) >= 11 is 0. The zero-order valence-electron chi connectivity index (χ0n) is 11.6. The van der Waals surface area contributed by atoms with Crippen molar-refractivity contribution in [1.82, 2.24) is 4.90 Å². The van der Waals surface area contributed by atoms with Crippen molar-refractivity contribution >= 4 is 11.9 Å². The maximum atomic E-state index is 12.0. The molecule has 0 radical (unpaired) electrons. The number of aliphatic carboxylic acids is 1. The third kappa shape index (κ3) is 3.36. The molecule has 1 fully saturated rings. The lowest BCUT2D eigenvalue weighted by molar-refractivity contribution is -0.149. The van der Waals surface area contributed by atoms with Crippen LogP contribution < -0.4 is 9.47 Å². The number of phenols is 1. The molecule has 1 aliphatic rings. The van der Waals surface area contributed by atoms with Crippen LogP contribution in [0.25, 0.3) is 0 Å². The number of ether oxygens (including phenoxy) is 2. The smallest absolute Gasteiger partial charge is 0.326 e. The van der Waals surface area contributed by atoms with Gasteiger partial charge in [-0.25, -0.2) is 4.79 Å². The molecule has 0 aliphatic carbocycles. The molecule has 0 spiro atoms. The number of carboxylic acids is 1. The first kappa shape index (κ1) is 15.0. The molecule has 7 nitrogen and oxygen atoms in total. The second-order valence-electron chi connectivity index (χ2n) is 4.71. The van der Waals surface area contributed by atoms with Crippen LogP contribution in [0.5, 0.6) is 17.2 Å². The van der Waals surface area contributed by atoms with Crippen LogP contribution >= 0.6 is 0 Å².